The molecule has 29 heavy (non-hydrogen) atoms. The molecule has 0 N–H and O–H groups in total. The van der Waals surface area contributed by atoms with E-state index in [1.165, 1.54) is 4.90 Å². The predicted octanol–water partition coefficient (Wildman–Crippen LogP) is 3.42. The Kier molecular flexibility index (Phi) is 5.38. The molecule has 2 aromatic carbocycles. The average molecular weight is 390 g/mol. The Balaban J connectivity index is 1.60. The Morgan fingerprint density at radius 3 is 2.17 bits per heavy atom. The third kappa shape index (κ3) is 3.77. The van der Waals surface area contributed by atoms with Crippen LogP contribution in [0.3, 0.4) is 0 Å². The summed E-state index contributed by atoms with van der Waals surface area (Å²) in [6.07, 6.45) is 2.73. The van der Waals surface area contributed by atoms with Crippen molar-refractivity contribution in [1.29, 1.82) is 0 Å². The van der Waals surface area contributed by atoms with Crippen molar-refractivity contribution in [2.45, 2.75) is 26.2 Å². The van der Waals surface area contributed by atoms with Gasteiger partial charge in [-0.3, -0.25) is 14.5 Å². The molecule has 0 aliphatic carbocycles. The highest BCUT2D eigenvalue weighted by Gasteiger charge is 2.41. The summed E-state index contributed by atoms with van der Waals surface area (Å²) >= 11 is 0. The molecule has 0 aromatic heterocycles. The van der Waals surface area contributed by atoms with Gasteiger partial charge in [0.2, 0.25) is 0 Å². The molecule has 2 amide bonds. The maximum absolute atomic E-state index is 13.3. The summed E-state index contributed by atoms with van der Waals surface area (Å²) < 4.78 is 5.19. The Bertz CT molecular complexity index is 939. The van der Waals surface area contributed by atoms with E-state index in [1.807, 2.05) is 55.5 Å². The Hall–Kier alpha value is -3.08. The zero-order valence-corrected chi connectivity index (χ0v) is 17.0. The Labute approximate surface area is 171 Å². The first kappa shape index (κ1) is 19.2. The molecule has 5 nitrogen and oxygen atoms in total. The fourth-order valence-electron chi connectivity index (χ4n) is 4.01. The molecule has 1 saturated heterocycles. The second-order valence-electron chi connectivity index (χ2n) is 7.64. The number of likely N-dealkylation sites (tertiary alicyclic amines) is 1. The summed E-state index contributed by atoms with van der Waals surface area (Å²) in [6, 6.07) is 15.6. The molecule has 5 heteroatoms. The second kappa shape index (κ2) is 8.11. The summed E-state index contributed by atoms with van der Waals surface area (Å²) in [4.78, 5) is 30.0. The third-order valence-electron chi connectivity index (χ3n) is 5.69. The van der Waals surface area contributed by atoms with E-state index in [0.29, 0.717) is 24.2 Å². The number of ether oxygens (including phenoxy) is 1. The molecule has 2 aromatic rings. The zero-order chi connectivity index (χ0) is 20.4. The molecule has 150 valence electrons. The molecule has 0 unspecified atom stereocenters. The van der Waals surface area contributed by atoms with Crippen LogP contribution in [-0.4, -0.2) is 48.4 Å². The largest absolute Gasteiger partial charge is 0.497 e. The lowest BCUT2D eigenvalue weighted by molar-refractivity contribution is -0.137. The maximum Gasteiger partial charge on any atom is 0.277 e. The van der Waals surface area contributed by atoms with E-state index < -0.39 is 0 Å². The van der Waals surface area contributed by atoms with E-state index in [4.69, 9.17) is 4.74 Å². The molecule has 0 spiro atoms. The monoisotopic (exact) mass is 390 g/mol. The first-order valence-electron chi connectivity index (χ1n) is 10.1. The number of carbonyl (C=O) groups is 2. The van der Waals surface area contributed by atoms with Crippen molar-refractivity contribution < 1.29 is 14.3 Å². The quantitative estimate of drug-likeness (QED) is 0.709. The van der Waals surface area contributed by atoms with E-state index in [1.54, 1.807) is 7.11 Å². The maximum atomic E-state index is 13.3. The van der Waals surface area contributed by atoms with Gasteiger partial charge in [-0.1, -0.05) is 42.0 Å². The Morgan fingerprint density at radius 1 is 0.897 bits per heavy atom. The smallest absolute Gasteiger partial charge is 0.277 e. The molecular weight excluding hydrogens is 364 g/mol. The van der Waals surface area contributed by atoms with Crippen LogP contribution in [0.5, 0.6) is 5.75 Å². The number of carbonyl (C=O) groups excluding carboxylic acids is 2. The van der Waals surface area contributed by atoms with Gasteiger partial charge < -0.3 is 9.64 Å². The molecule has 2 aliphatic heterocycles. The van der Waals surface area contributed by atoms with Crippen molar-refractivity contribution >= 4 is 17.4 Å². The summed E-state index contributed by atoms with van der Waals surface area (Å²) in [5.74, 6) is 0.442. The average Bonchev–Trinajstić information content (AvgIpc) is 3.34. The van der Waals surface area contributed by atoms with Crippen LogP contribution in [0.15, 0.2) is 54.2 Å². The molecule has 0 atom stereocenters. The van der Waals surface area contributed by atoms with Crippen molar-refractivity contribution in [3.63, 3.8) is 0 Å². The van der Waals surface area contributed by atoms with Gasteiger partial charge in [-0.25, -0.2) is 0 Å². The fraction of sp³-hybridized carbons (Fsp3) is 0.333. The molecule has 2 aliphatic rings. The number of hydrogen-bond acceptors (Lipinski definition) is 4. The van der Waals surface area contributed by atoms with Crippen LogP contribution in [0.2, 0.25) is 0 Å². The minimum atomic E-state index is -0.186. The second-order valence-corrected chi connectivity index (χ2v) is 7.64. The van der Waals surface area contributed by atoms with E-state index in [-0.39, 0.29) is 11.8 Å². The van der Waals surface area contributed by atoms with Gasteiger partial charge in [-0.15, -0.1) is 0 Å². The molecule has 1 fully saturated rings. The first-order chi connectivity index (χ1) is 14.1. The zero-order valence-electron chi connectivity index (χ0n) is 17.0. The van der Waals surface area contributed by atoms with E-state index >= 15 is 0 Å². The van der Waals surface area contributed by atoms with E-state index in [2.05, 4.69) is 4.90 Å². The number of benzene rings is 2. The lowest BCUT2D eigenvalue weighted by atomic mass is 10.0. The van der Waals surface area contributed by atoms with Crippen molar-refractivity contribution in [2.24, 2.45) is 0 Å². The summed E-state index contributed by atoms with van der Waals surface area (Å²) in [6.45, 7) is 4.05. The number of imide groups is 1. The normalized spacial score (nSPS) is 16.9. The van der Waals surface area contributed by atoms with Crippen molar-refractivity contribution in [3.8, 4) is 5.75 Å². The van der Waals surface area contributed by atoms with E-state index in [0.717, 1.165) is 48.4 Å². The summed E-state index contributed by atoms with van der Waals surface area (Å²) in [5.41, 5.74) is 4.14. The topological polar surface area (TPSA) is 49.9 Å². The minimum Gasteiger partial charge on any atom is -0.497 e. The van der Waals surface area contributed by atoms with Gasteiger partial charge in [0, 0.05) is 19.6 Å². The Morgan fingerprint density at radius 2 is 1.55 bits per heavy atom. The van der Waals surface area contributed by atoms with Gasteiger partial charge in [-0.05, 0) is 49.4 Å². The molecular formula is C24H26N2O3. The van der Waals surface area contributed by atoms with Gasteiger partial charge in [0.25, 0.3) is 11.8 Å². The number of aryl methyl sites for hydroxylation is 1. The highest BCUT2D eigenvalue weighted by Crippen LogP contribution is 2.33. The van der Waals surface area contributed by atoms with Crippen LogP contribution < -0.4 is 4.74 Å². The number of rotatable bonds is 6. The van der Waals surface area contributed by atoms with Crippen LogP contribution in [0, 0.1) is 6.92 Å². The van der Waals surface area contributed by atoms with Crippen LogP contribution in [-0.2, 0) is 16.0 Å². The third-order valence-corrected chi connectivity index (χ3v) is 5.69. The summed E-state index contributed by atoms with van der Waals surface area (Å²) in [5, 5.41) is 0. The lowest BCUT2D eigenvalue weighted by Crippen LogP contribution is -2.36. The van der Waals surface area contributed by atoms with Gasteiger partial charge in [-0.2, -0.15) is 0 Å². The van der Waals surface area contributed by atoms with Gasteiger partial charge in [0.1, 0.15) is 11.4 Å². The molecule has 0 bridgehead atoms. The minimum absolute atomic E-state index is 0.166. The van der Waals surface area contributed by atoms with Crippen LogP contribution >= 0.6 is 0 Å². The van der Waals surface area contributed by atoms with Gasteiger partial charge >= 0.3 is 0 Å². The fourth-order valence-corrected chi connectivity index (χ4v) is 4.01. The molecule has 0 saturated carbocycles. The molecule has 0 radical (unpaired) electrons. The number of hydrogen-bond donors (Lipinski definition) is 0. The molecule has 2 heterocycles. The number of amides is 2. The van der Waals surface area contributed by atoms with Crippen LogP contribution in [0.25, 0.3) is 5.57 Å². The van der Waals surface area contributed by atoms with Crippen molar-refractivity contribution in [3.05, 3.63) is 70.9 Å². The SMILES string of the molecule is COc1ccc(CCN2C(=O)C(c3ccc(C)cc3)=C(N3CCCC3)C2=O)cc1. The van der Waals surface area contributed by atoms with Gasteiger partial charge in [0.05, 0.1) is 12.7 Å². The van der Waals surface area contributed by atoms with Gasteiger partial charge in [0.15, 0.2) is 0 Å². The highest BCUT2D eigenvalue weighted by molar-refractivity contribution is 6.35. The van der Waals surface area contributed by atoms with E-state index in [9.17, 15) is 9.59 Å². The molecule has 4 rings (SSSR count). The predicted molar refractivity (Wildman–Crippen MR) is 112 cm³/mol. The van der Waals surface area contributed by atoms with Crippen molar-refractivity contribution in [2.75, 3.05) is 26.7 Å². The lowest BCUT2D eigenvalue weighted by Gasteiger charge is -2.20. The first-order valence-corrected chi connectivity index (χ1v) is 10.1. The number of nitrogens with zero attached hydrogens (tertiary/aromatic N) is 2. The highest BCUT2D eigenvalue weighted by atomic mass is 16.5. The van der Waals surface area contributed by atoms with Crippen LogP contribution in [0.4, 0.5) is 0 Å². The van der Waals surface area contributed by atoms with Crippen LogP contribution in [0.1, 0.15) is 29.5 Å². The number of methoxy groups -OCH3 is 1. The van der Waals surface area contributed by atoms with Crippen molar-refractivity contribution in [1.82, 2.24) is 9.80 Å². The summed E-state index contributed by atoms with van der Waals surface area (Å²) in [7, 11) is 1.63. The standard InChI is InChI=1S/C24H26N2O3/c1-17-5-9-19(10-6-17)21-22(25-14-3-4-15-25)24(28)26(23(21)27)16-13-18-7-11-20(29-2)12-8-18/h5-12H,3-4,13-16H2,1-2H3.